The van der Waals surface area contributed by atoms with Crippen LogP contribution in [0.25, 0.3) is 0 Å². The molecule has 0 fully saturated rings. The third-order valence-electron chi connectivity index (χ3n) is 0.406. The number of hydrogen-bond donors (Lipinski definition) is 2. The van der Waals surface area contributed by atoms with Crippen LogP contribution in [0.4, 0.5) is 0 Å². The van der Waals surface area contributed by atoms with E-state index in [2.05, 4.69) is 16.9 Å². The molecule has 1 aromatic heterocycles. The summed E-state index contributed by atoms with van der Waals surface area (Å²) >= 11 is 0. The second-order valence-electron chi connectivity index (χ2n) is 1.10. The summed E-state index contributed by atoms with van der Waals surface area (Å²) in [4.78, 5) is 15.2. The Morgan fingerprint density at radius 2 is 2.33 bits per heavy atom. The highest BCUT2D eigenvalue weighted by atomic mass is 16.4. The Kier molecular flexibility index (Phi) is 4.12. The first-order chi connectivity index (χ1) is 4.23. The van der Waals surface area contributed by atoms with Crippen molar-refractivity contribution < 1.29 is 9.90 Å². The number of nitrogens with one attached hydrogen (secondary N) is 1. The van der Waals surface area contributed by atoms with Gasteiger partial charge in [-0.1, -0.05) is 0 Å². The van der Waals surface area contributed by atoms with Crippen LogP contribution in [0.1, 0.15) is 0 Å². The molecule has 0 amide bonds. The molecule has 2 radical (unpaired) electrons. The Balaban J connectivity index is 0.000000148. The number of carboxylic acid groups (broad SMARTS) is 1. The zero-order valence-electron chi connectivity index (χ0n) is 4.61. The SMILES string of the molecule is [CH]C(=O)O.c1c[nH]cn1. The molecule has 0 spiro atoms. The van der Waals surface area contributed by atoms with Crippen LogP contribution in [0.3, 0.4) is 0 Å². The molecular weight excluding hydrogens is 120 g/mol. The van der Waals surface area contributed by atoms with E-state index >= 15 is 0 Å². The van der Waals surface area contributed by atoms with E-state index in [1.165, 1.54) is 0 Å². The predicted octanol–water partition coefficient (Wildman–Crippen LogP) is 0.192. The zero-order chi connectivity index (χ0) is 7.11. The van der Waals surface area contributed by atoms with E-state index in [-0.39, 0.29) is 0 Å². The number of nitrogens with zero attached hydrogens (tertiary/aromatic N) is 1. The summed E-state index contributed by atoms with van der Waals surface area (Å²) in [7, 11) is 0. The molecule has 0 unspecified atom stereocenters. The summed E-state index contributed by atoms with van der Waals surface area (Å²) in [5, 5.41) is 7.19. The first kappa shape index (κ1) is 7.68. The summed E-state index contributed by atoms with van der Waals surface area (Å²) in [5.41, 5.74) is 0. The molecule has 0 bridgehead atoms. The molecule has 1 aromatic rings. The molecule has 0 saturated carbocycles. The van der Waals surface area contributed by atoms with Crippen molar-refractivity contribution in [3.63, 3.8) is 0 Å². The monoisotopic (exact) mass is 126 g/mol. The van der Waals surface area contributed by atoms with Crippen LogP contribution in [0, 0.1) is 6.92 Å². The third kappa shape index (κ3) is 10.8. The van der Waals surface area contributed by atoms with Crippen LogP contribution in [0.5, 0.6) is 0 Å². The average Bonchev–Trinajstić information content (AvgIpc) is 2.11. The van der Waals surface area contributed by atoms with Crippen molar-refractivity contribution in [2.75, 3.05) is 0 Å². The van der Waals surface area contributed by atoms with Gasteiger partial charge in [0.1, 0.15) is 0 Å². The molecule has 0 aliphatic rings. The maximum Gasteiger partial charge on any atom is 0.308 e. The normalized spacial score (nSPS) is 7.22. The van der Waals surface area contributed by atoms with Gasteiger partial charge < -0.3 is 10.1 Å². The second kappa shape index (κ2) is 4.83. The Labute approximate surface area is 52.6 Å². The van der Waals surface area contributed by atoms with Crippen LogP contribution in [0.2, 0.25) is 0 Å². The first-order valence-corrected chi connectivity index (χ1v) is 2.14. The minimum Gasteiger partial charge on any atom is -0.481 e. The fraction of sp³-hybridized carbons (Fsp3) is 0. The summed E-state index contributed by atoms with van der Waals surface area (Å²) in [6.45, 7) is 4.03. The van der Waals surface area contributed by atoms with Gasteiger partial charge in [0.2, 0.25) is 0 Å². The van der Waals surface area contributed by atoms with Gasteiger partial charge in [0.15, 0.2) is 0 Å². The molecule has 9 heavy (non-hydrogen) atoms. The quantitative estimate of drug-likeness (QED) is 0.521. The highest BCUT2D eigenvalue weighted by molar-refractivity contribution is 5.71. The number of rotatable bonds is 0. The van der Waals surface area contributed by atoms with E-state index in [4.69, 9.17) is 9.90 Å². The van der Waals surface area contributed by atoms with Crippen molar-refractivity contribution in [1.82, 2.24) is 9.97 Å². The Hall–Kier alpha value is -1.32. The van der Waals surface area contributed by atoms with E-state index in [0.29, 0.717) is 0 Å². The van der Waals surface area contributed by atoms with Gasteiger partial charge >= 0.3 is 5.97 Å². The number of aromatic nitrogens is 2. The van der Waals surface area contributed by atoms with Crippen molar-refractivity contribution in [2.45, 2.75) is 0 Å². The molecule has 0 aliphatic heterocycles. The summed E-state index contributed by atoms with van der Waals surface area (Å²) < 4.78 is 0. The number of imidazole rings is 1. The maximum absolute atomic E-state index is 8.78. The van der Waals surface area contributed by atoms with Crippen LogP contribution >= 0.6 is 0 Å². The molecule has 4 heteroatoms. The Morgan fingerprint density at radius 3 is 2.44 bits per heavy atom. The van der Waals surface area contributed by atoms with E-state index in [9.17, 15) is 0 Å². The molecule has 2 N–H and O–H groups in total. The van der Waals surface area contributed by atoms with Crippen LogP contribution in [-0.4, -0.2) is 21.0 Å². The minimum atomic E-state index is -1.33. The molecule has 0 aromatic carbocycles. The highest BCUT2D eigenvalue weighted by Crippen LogP contribution is 1.62. The molecule has 0 atom stereocenters. The fourth-order valence-electron chi connectivity index (χ4n) is 0.215. The largest absolute Gasteiger partial charge is 0.481 e. The van der Waals surface area contributed by atoms with Gasteiger partial charge in [-0.2, -0.15) is 0 Å². The first-order valence-electron chi connectivity index (χ1n) is 2.14. The van der Waals surface area contributed by atoms with Gasteiger partial charge in [-0.25, -0.2) is 4.98 Å². The number of H-pyrrole nitrogens is 1. The van der Waals surface area contributed by atoms with Gasteiger partial charge in [-0.15, -0.1) is 0 Å². The molecular formula is C5H6N2O2. The maximum atomic E-state index is 8.78. The Bertz CT molecular complexity index is 127. The average molecular weight is 126 g/mol. The van der Waals surface area contributed by atoms with Gasteiger partial charge in [0.05, 0.1) is 13.3 Å². The van der Waals surface area contributed by atoms with Crippen LogP contribution in [0.15, 0.2) is 18.7 Å². The van der Waals surface area contributed by atoms with Crippen molar-refractivity contribution in [2.24, 2.45) is 0 Å². The number of aliphatic carboxylic acids is 1. The lowest BCUT2D eigenvalue weighted by Crippen LogP contribution is -1.79. The fourth-order valence-corrected chi connectivity index (χ4v) is 0.215. The number of aromatic amines is 1. The molecule has 48 valence electrons. The van der Waals surface area contributed by atoms with Crippen molar-refractivity contribution >= 4 is 5.97 Å². The lowest BCUT2D eigenvalue weighted by atomic mass is 10.9. The summed E-state index contributed by atoms with van der Waals surface area (Å²) in [6.07, 6.45) is 5.08. The molecule has 4 nitrogen and oxygen atoms in total. The predicted molar refractivity (Wildman–Crippen MR) is 30.5 cm³/mol. The molecule has 0 saturated heterocycles. The van der Waals surface area contributed by atoms with Gasteiger partial charge in [-0.3, -0.25) is 4.79 Å². The zero-order valence-corrected chi connectivity index (χ0v) is 4.61. The van der Waals surface area contributed by atoms with Crippen molar-refractivity contribution in [3.05, 3.63) is 25.6 Å². The lowest BCUT2D eigenvalue weighted by molar-refractivity contribution is -0.131. The van der Waals surface area contributed by atoms with Gasteiger partial charge in [-0.05, 0) is 0 Å². The molecule has 1 heterocycles. The Morgan fingerprint density at radius 1 is 1.78 bits per heavy atom. The van der Waals surface area contributed by atoms with E-state index in [0.717, 1.165) is 0 Å². The summed E-state index contributed by atoms with van der Waals surface area (Å²) in [6, 6.07) is 0. The van der Waals surface area contributed by atoms with Crippen LogP contribution in [-0.2, 0) is 4.79 Å². The summed E-state index contributed by atoms with van der Waals surface area (Å²) in [5.74, 6) is -1.33. The van der Waals surface area contributed by atoms with Gasteiger partial charge in [0, 0.05) is 12.4 Å². The molecule has 0 aliphatic carbocycles. The van der Waals surface area contributed by atoms with E-state index in [1.807, 2.05) is 0 Å². The molecule has 1 rings (SSSR count). The number of hydrogen-bond acceptors (Lipinski definition) is 2. The standard InChI is InChI=1S/C3H4N2.C2H2O2/c1-2-5-3-4-1;1-2(3)4/h1-3H,(H,4,5);1H,(H,3,4). The van der Waals surface area contributed by atoms with E-state index < -0.39 is 5.97 Å². The second-order valence-corrected chi connectivity index (χ2v) is 1.10. The minimum absolute atomic E-state index is 1.33. The van der Waals surface area contributed by atoms with Crippen molar-refractivity contribution in [1.29, 1.82) is 0 Å². The van der Waals surface area contributed by atoms with E-state index in [1.54, 1.807) is 18.7 Å². The smallest absolute Gasteiger partial charge is 0.308 e. The lowest BCUT2D eigenvalue weighted by Gasteiger charge is -1.58. The van der Waals surface area contributed by atoms with Gasteiger partial charge in [0.25, 0.3) is 0 Å². The third-order valence-corrected chi connectivity index (χ3v) is 0.406. The van der Waals surface area contributed by atoms with Crippen molar-refractivity contribution in [3.8, 4) is 0 Å². The van der Waals surface area contributed by atoms with Crippen LogP contribution < -0.4 is 0 Å². The number of carboxylic acids is 1. The highest BCUT2D eigenvalue weighted by Gasteiger charge is 1.67. The topological polar surface area (TPSA) is 66.0 Å². The number of carbonyl (C=O) groups is 1.